The number of rotatable bonds is 4. The first-order valence-electron chi connectivity index (χ1n) is 6.71. The minimum atomic E-state index is 0.407. The molecular formula is C14H28BrN. The van der Waals surface area contributed by atoms with Crippen molar-refractivity contribution in [3.05, 3.63) is 0 Å². The van der Waals surface area contributed by atoms with Crippen molar-refractivity contribution < 1.29 is 0 Å². The summed E-state index contributed by atoms with van der Waals surface area (Å²) in [5.74, 6) is 0.752. The van der Waals surface area contributed by atoms with Gasteiger partial charge in [-0.3, -0.25) is 4.90 Å². The lowest BCUT2D eigenvalue weighted by Crippen LogP contribution is -2.42. The zero-order valence-corrected chi connectivity index (χ0v) is 13.2. The fourth-order valence-corrected chi connectivity index (χ4v) is 3.88. The van der Waals surface area contributed by atoms with Crippen LogP contribution >= 0.6 is 15.9 Å². The molecule has 0 bridgehead atoms. The predicted molar refractivity (Wildman–Crippen MR) is 76.2 cm³/mol. The van der Waals surface area contributed by atoms with Crippen LogP contribution in [0.4, 0.5) is 0 Å². The first-order chi connectivity index (χ1) is 7.40. The summed E-state index contributed by atoms with van der Waals surface area (Å²) in [6.07, 6.45) is 4.10. The topological polar surface area (TPSA) is 3.24 Å². The molecule has 16 heavy (non-hydrogen) atoms. The van der Waals surface area contributed by atoms with Crippen LogP contribution in [0.2, 0.25) is 0 Å². The van der Waals surface area contributed by atoms with Crippen LogP contribution in [0.15, 0.2) is 0 Å². The molecule has 0 aromatic rings. The van der Waals surface area contributed by atoms with Gasteiger partial charge in [0.25, 0.3) is 0 Å². The highest BCUT2D eigenvalue weighted by atomic mass is 79.9. The molecule has 0 amide bonds. The van der Waals surface area contributed by atoms with Crippen molar-refractivity contribution in [2.24, 2.45) is 11.3 Å². The van der Waals surface area contributed by atoms with E-state index in [2.05, 4.69) is 55.4 Å². The first-order valence-corrected chi connectivity index (χ1v) is 7.84. The highest BCUT2D eigenvalue weighted by Gasteiger charge is 2.33. The largest absolute Gasteiger partial charge is 0.297 e. The molecule has 1 nitrogen and oxygen atoms in total. The summed E-state index contributed by atoms with van der Waals surface area (Å²) in [6, 6.07) is 1.62. The molecule has 3 unspecified atom stereocenters. The molecule has 2 heteroatoms. The van der Waals surface area contributed by atoms with Crippen LogP contribution in [0, 0.1) is 11.3 Å². The van der Waals surface area contributed by atoms with E-state index in [1.807, 2.05) is 0 Å². The van der Waals surface area contributed by atoms with Crippen LogP contribution in [-0.2, 0) is 0 Å². The van der Waals surface area contributed by atoms with Crippen LogP contribution in [0.25, 0.3) is 0 Å². The van der Waals surface area contributed by atoms with Gasteiger partial charge in [-0.1, -0.05) is 43.6 Å². The summed E-state index contributed by atoms with van der Waals surface area (Å²) >= 11 is 3.69. The van der Waals surface area contributed by atoms with E-state index in [-0.39, 0.29) is 0 Å². The average molecular weight is 290 g/mol. The Hall–Kier alpha value is 0.440. The van der Waals surface area contributed by atoms with Gasteiger partial charge >= 0.3 is 0 Å². The van der Waals surface area contributed by atoms with Crippen molar-refractivity contribution in [2.45, 2.75) is 66.0 Å². The van der Waals surface area contributed by atoms with Crippen LogP contribution in [0.3, 0.4) is 0 Å². The monoisotopic (exact) mass is 289 g/mol. The molecule has 1 aliphatic rings. The number of likely N-dealkylation sites (tertiary alicyclic amines) is 1. The zero-order chi connectivity index (χ0) is 12.3. The minimum Gasteiger partial charge on any atom is -0.297 e. The summed E-state index contributed by atoms with van der Waals surface area (Å²) in [6.45, 7) is 13.1. The maximum Gasteiger partial charge on any atom is 0.00961 e. The standard InChI is InChI=1S/C14H28BrN/c1-6-13-8-7-11(2)16(13)10-12(9-15)14(3,4)5/h11-13H,6-10H2,1-5H3. The highest BCUT2D eigenvalue weighted by Crippen LogP contribution is 2.33. The number of halogens is 1. The Bertz CT molecular complexity index is 209. The molecular weight excluding hydrogens is 262 g/mol. The van der Waals surface area contributed by atoms with E-state index in [1.54, 1.807) is 0 Å². The number of hydrogen-bond acceptors (Lipinski definition) is 1. The lowest BCUT2D eigenvalue weighted by molar-refractivity contribution is 0.125. The summed E-state index contributed by atoms with van der Waals surface area (Å²) in [4.78, 5) is 2.75. The highest BCUT2D eigenvalue weighted by molar-refractivity contribution is 9.09. The molecule has 0 aromatic carbocycles. The molecule has 0 saturated carbocycles. The van der Waals surface area contributed by atoms with Gasteiger partial charge < -0.3 is 0 Å². The summed E-state index contributed by atoms with van der Waals surface area (Å²) in [5, 5.41) is 1.12. The van der Waals surface area contributed by atoms with Gasteiger partial charge in [0, 0.05) is 24.0 Å². The quantitative estimate of drug-likeness (QED) is 0.697. The Balaban J connectivity index is 2.63. The van der Waals surface area contributed by atoms with Crippen LogP contribution in [0.5, 0.6) is 0 Å². The maximum absolute atomic E-state index is 3.69. The van der Waals surface area contributed by atoms with E-state index in [4.69, 9.17) is 0 Å². The fraction of sp³-hybridized carbons (Fsp3) is 1.00. The third-order valence-electron chi connectivity index (χ3n) is 4.27. The van der Waals surface area contributed by atoms with Gasteiger partial charge in [0.2, 0.25) is 0 Å². The molecule has 1 saturated heterocycles. The molecule has 0 radical (unpaired) electrons. The number of hydrogen-bond donors (Lipinski definition) is 0. The van der Waals surface area contributed by atoms with Crippen LogP contribution < -0.4 is 0 Å². The maximum atomic E-state index is 3.69. The molecule has 0 N–H and O–H groups in total. The van der Waals surface area contributed by atoms with Crippen molar-refractivity contribution in [2.75, 3.05) is 11.9 Å². The summed E-state index contributed by atoms with van der Waals surface area (Å²) < 4.78 is 0. The molecule has 1 heterocycles. The second-order valence-corrected chi connectivity index (χ2v) is 7.05. The van der Waals surface area contributed by atoms with Gasteiger partial charge in [-0.05, 0) is 37.5 Å². The van der Waals surface area contributed by atoms with Crippen LogP contribution in [-0.4, -0.2) is 28.9 Å². The average Bonchev–Trinajstić information content (AvgIpc) is 2.54. The van der Waals surface area contributed by atoms with E-state index >= 15 is 0 Å². The Morgan fingerprint density at radius 1 is 1.31 bits per heavy atom. The van der Waals surface area contributed by atoms with Crippen molar-refractivity contribution >= 4 is 15.9 Å². The molecule has 1 fully saturated rings. The van der Waals surface area contributed by atoms with Gasteiger partial charge in [0.1, 0.15) is 0 Å². The Labute approximate surface area is 110 Å². The summed E-state index contributed by atoms with van der Waals surface area (Å²) in [5.41, 5.74) is 0.407. The Morgan fingerprint density at radius 2 is 1.94 bits per heavy atom. The molecule has 96 valence electrons. The number of nitrogens with zero attached hydrogens (tertiary/aromatic N) is 1. The van der Waals surface area contributed by atoms with E-state index < -0.39 is 0 Å². The van der Waals surface area contributed by atoms with Gasteiger partial charge in [-0.25, -0.2) is 0 Å². The lowest BCUT2D eigenvalue weighted by Gasteiger charge is -2.37. The van der Waals surface area contributed by atoms with E-state index in [1.165, 1.54) is 25.8 Å². The summed E-state index contributed by atoms with van der Waals surface area (Å²) in [7, 11) is 0. The smallest absolute Gasteiger partial charge is 0.00961 e. The van der Waals surface area contributed by atoms with E-state index in [9.17, 15) is 0 Å². The molecule has 0 spiro atoms. The van der Waals surface area contributed by atoms with Gasteiger partial charge in [0.15, 0.2) is 0 Å². The lowest BCUT2D eigenvalue weighted by atomic mass is 9.81. The zero-order valence-electron chi connectivity index (χ0n) is 11.6. The fourth-order valence-electron chi connectivity index (χ4n) is 2.70. The van der Waals surface area contributed by atoms with Crippen LogP contribution in [0.1, 0.15) is 53.9 Å². The second-order valence-electron chi connectivity index (χ2n) is 6.40. The third kappa shape index (κ3) is 3.46. The van der Waals surface area contributed by atoms with Crippen molar-refractivity contribution in [3.63, 3.8) is 0 Å². The van der Waals surface area contributed by atoms with Gasteiger partial charge in [-0.15, -0.1) is 0 Å². The van der Waals surface area contributed by atoms with E-state index in [0.717, 1.165) is 23.3 Å². The van der Waals surface area contributed by atoms with Crippen molar-refractivity contribution in [3.8, 4) is 0 Å². The molecule has 1 rings (SSSR count). The van der Waals surface area contributed by atoms with Gasteiger partial charge in [0.05, 0.1) is 0 Å². The van der Waals surface area contributed by atoms with Crippen molar-refractivity contribution in [1.82, 2.24) is 4.90 Å². The minimum absolute atomic E-state index is 0.407. The molecule has 0 aliphatic carbocycles. The Kier molecular flexibility index (Phi) is 5.31. The Morgan fingerprint density at radius 3 is 2.38 bits per heavy atom. The SMILES string of the molecule is CCC1CCC(C)N1CC(CBr)C(C)(C)C. The van der Waals surface area contributed by atoms with E-state index in [0.29, 0.717) is 5.41 Å². The predicted octanol–water partition coefficient (Wildman–Crippen LogP) is 4.31. The molecule has 1 aliphatic heterocycles. The normalized spacial score (nSPS) is 29.6. The third-order valence-corrected chi connectivity index (χ3v) is 5.05. The molecule has 3 atom stereocenters. The first kappa shape index (κ1) is 14.5. The van der Waals surface area contributed by atoms with Gasteiger partial charge in [-0.2, -0.15) is 0 Å². The molecule has 0 aromatic heterocycles. The number of alkyl halides is 1. The second kappa shape index (κ2) is 5.86. The van der Waals surface area contributed by atoms with Crippen molar-refractivity contribution in [1.29, 1.82) is 0 Å².